The number of amides is 2. The Morgan fingerprint density at radius 2 is 1.48 bits per heavy atom. The van der Waals surface area contributed by atoms with Gasteiger partial charge in [0, 0.05) is 49.9 Å². The van der Waals surface area contributed by atoms with Gasteiger partial charge in [0.25, 0.3) is 0 Å². The van der Waals surface area contributed by atoms with Crippen molar-refractivity contribution in [3.05, 3.63) is 36.0 Å². The molecule has 166 valence electrons. The molecule has 1 aromatic carbocycles. The number of likely N-dealkylation sites (tertiary alicyclic amines) is 1. The van der Waals surface area contributed by atoms with E-state index >= 15 is 0 Å². The maximum atomic E-state index is 13.5. The molecule has 0 bridgehead atoms. The van der Waals surface area contributed by atoms with Crippen LogP contribution in [0.25, 0.3) is 0 Å². The van der Waals surface area contributed by atoms with Crippen LogP contribution in [-0.4, -0.2) is 56.1 Å². The second kappa shape index (κ2) is 9.03. The lowest BCUT2D eigenvalue weighted by Gasteiger charge is -2.39. The van der Waals surface area contributed by atoms with E-state index in [2.05, 4.69) is 15.9 Å². The fourth-order valence-electron chi connectivity index (χ4n) is 5.69. The predicted octanol–water partition coefficient (Wildman–Crippen LogP) is 3.57. The maximum absolute atomic E-state index is 13.5. The van der Waals surface area contributed by atoms with Crippen molar-refractivity contribution in [1.82, 2.24) is 4.90 Å². The van der Waals surface area contributed by atoms with E-state index in [1.54, 1.807) is 0 Å². The minimum Gasteiger partial charge on any atom is -0.378 e. The van der Waals surface area contributed by atoms with Crippen LogP contribution in [0.3, 0.4) is 0 Å². The fraction of sp³-hybridized carbons (Fsp3) is 0.600. The van der Waals surface area contributed by atoms with Crippen molar-refractivity contribution in [3.8, 4) is 0 Å². The number of nitrogens with zero attached hydrogens (tertiary/aromatic N) is 3. The number of hydrogen-bond donors (Lipinski definition) is 0. The SMILES string of the molecule is O=C1C[C@H]([C@@H]2CCCC=C2N2CCCCC2)C(=O)N1c1ccc(N2CCOCC2)cc1. The Hall–Kier alpha value is -2.34. The molecule has 3 fully saturated rings. The van der Waals surface area contributed by atoms with Gasteiger partial charge >= 0.3 is 0 Å². The van der Waals surface area contributed by atoms with E-state index < -0.39 is 0 Å². The van der Waals surface area contributed by atoms with Gasteiger partial charge < -0.3 is 14.5 Å². The van der Waals surface area contributed by atoms with Gasteiger partial charge in [0.2, 0.25) is 11.8 Å². The molecule has 0 N–H and O–H groups in total. The van der Waals surface area contributed by atoms with E-state index in [0.29, 0.717) is 12.1 Å². The number of rotatable bonds is 4. The first kappa shape index (κ1) is 20.6. The van der Waals surface area contributed by atoms with Crippen molar-refractivity contribution in [2.75, 3.05) is 49.2 Å². The molecule has 2 amide bonds. The molecule has 1 aliphatic carbocycles. The molecular formula is C25H33N3O3. The number of piperidine rings is 1. The lowest BCUT2D eigenvalue weighted by molar-refractivity contribution is -0.123. The predicted molar refractivity (Wildman–Crippen MR) is 121 cm³/mol. The van der Waals surface area contributed by atoms with Gasteiger partial charge in [-0.2, -0.15) is 0 Å². The molecule has 31 heavy (non-hydrogen) atoms. The lowest BCUT2D eigenvalue weighted by Crippen LogP contribution is -2.38. The topological polar surface area (TPSA) is 53.1 Å². The van der Waals surface area contributed by atoms with Crippen LogP contribution in [0.5, 0.6) is 0 Å². The molecule has 3 saturated heterocycles. The third-order valence-corrected chi connectivity index (χ3v) is 7.33. The van der Waals surface area contributed by atoms with E-state index in [4.69, 9.17) is 4.74 Å². The summed E-state index contributed by atoms with van der Waals surface area (Å²) in [5.41, 5.74) is 3.15. The largest absolute Gasteiger partial charge is 0.378 e. The summed E-state index contributed by atoms with van der Waals surface area (Å²) < 4.78 is 5.43. The highest BCUT2D eigenvalue weighted by atomic mass is 16.5. The monoisotopic (exact) mass is 423 g/mol. The normalized spacial score (nSPS) is 27.6. The molecule has 6 nitrogen and oxygen atoms in total. The van der Waals surface area contributed by atoms with Crippen molar-refractivity contribution < 1.29 is 14.3 Å². The number of hydrogen-bond acceptors (Lipinski definition) is 5. The lowest BCUT2D eigenvalue weighted by atomic mass is 9.80. The summed E-state index contributed by atoms with van der Waals surface area (Å²) in [5.74, 6) is -0.113. The van der Waals surface area contributed by atoms with Crippen molar-refractivity contribution in [2.24, 2.45) is 11.8 Å². The Morgan fingerprint density at radius 1 is 0.774 bits per heavy atom. The Kier molecular flexibility index (Phi) is 5.99. The highest BCUT2D eigenvalue weighted by molar-refractivity contribution is 6.21. The summed E-state index contributed by atoms with van der Waals surface area (Å²) >= 11 is 0. The van der Waals surface area contributed by atoms with Gasteiger partial charge in [-0.15, -0.1) is 0 Å². The van der Waals surface area contributed by atoms with Crippen LogP contribution in [0, 0.1) is 11.8 Å². The Morgan fingerprint density at radius 3 is 2.23 bits per heavy atom. The average Bonchev–Trinajstić information content (AvgIpc) is 3.14. The van der Waals surface area contributed by atoms with Crippen LogP contribution in [0.15, 0.2) is 36.0 Å². The molecule has 0 aromatic heterocycles. The number of carbonyl (C=O) groups is 2. The van der Waals surface area contributed by atoms with Crippen molar-refractivity contribution >= 4 is 23.2 Å². The van der Waals surface area contributed by atoms with E-state index in [9.17, 15) is 9.59 Å². The molecule has 3 aliphatic heterocycles. The number of anilines is 2. The van der Waals surface area contributed by atoms with Gasteiger partial charge in [0.1, 0.15) is 0 Å². The average molecular weight is 424 g/mol. The summed E-state index contributed by atoms with van der Waals surface area (Å²) in [4.78, 5) is 32.6. The van der Waals surface area contributed by atoms with Crippen LogP contribution in [0.2, 0.25) is 0 Å². The van der Waals surface area contributed by atoms with E-state index in [-0.39, 0.29) is 23.7 Å². The molecule has 0 radical (unpaired) electrons. The Bertz CT molecular complexity index is 838. The zero-order valence-electron chi connectivity index (χ0n) is 18.3. The quantitative estimate of drug-likeness (QED) is 0.693. The molecule has 3 heterocycles. The molecule has 5 rings (SSSR count). The van der Waals surface area contributed by atoms with Crippen LogP contribution in [0.4, 0.5) is 11.4 Å². The fourth-order valence-corrected chi connectivity index (χ4v) is 5.69. The van der Waals surface area contributed by atoms with Crippen LogP contribution >= 0.6 is 0 Å². The Balaban J connectivity index is 1.33. The van der Waals surface area contributed by atoms with E-state index in [0.717, 1.165) is 64.3 Å². The molecular weight excluding hydrogens is 390 g/mol. The summed E-state index contributed by atoms with van der Waals surface area (Å²) in [7, 11) is 0. The summed E-state index contributed by atoms with van der Waals surface area (Å²) in [5, 5.41) is 0. The molecule has 1 aromatic rings. The van der Waals surface area contributed by atoms with Gasteiger partial charge in [0.15, 0.2) is 0 Å². The molecule has 0 saturated carbocycles. The Labute approximate surface area is 184 Å². The highest BCUT2D eigenvalue weighted by Gasteiger charge is 2.45. The first-order chi connectivity index (χ1) is 15.2. The number of ether oxygens (including phenoxy) is 1. The van der Waals surface area contributed by atoms with Gasteiger partial charge in [-0.25, -0.2) is 0 Å². The van der Waals surface area contributed by atoms with Crippen LogP contribution in [-0.2, 0) is 14.3 Å². The number of imide groups is 1. The third kappa shape index (κ3) is 4.10. The van der Waals surface area contributed by atoms with Gasteiger partial charge in [-0.3, -0.25) is 14.5 Å². The second-order valence-corrected chi connectivity index (χ2v) is 9.21. The number of morpholine rings is 1. The summed E-state index contributed by atoms with van der Waals surface area (Å²) in [6.45, 7) is 5.39. The van der Waals surface area contributed by atoms with Crippen molar-refractivity contribution in [2.45, 2.75) is 44.9 Å². The van der Waals surface area contributed by atoms with Crippen LogP contribution in [0.1, 0.15) is 44.9 Å². The number of benzene rings is 1. The molecule has 6 heteroatoms. The summed E-state index contributed by atoms with van der Waals surface area (Å²) in [6.07, 6.45) is 9.63. The second-order valence-electron chi connectivity index (χ2n) is 9.21. The van der Waals surface area contributed by atoms with E-state index in [1.807, 2.05) is 24.3 Å². The van der Waals surface area contributed by atoms with Crippen LogP contribution < -0.4 is 9.80 Å². The van der Waals surface area contributed by atoms with Gasteiger partial charge in [-0.1, -0.05) is 6.08 Å². The van der Waals surface area contributed by atoms with Gasteiger partial charge in [0.05, 0.1) is 24.8 Å². The molecule has 0 spiro atoms. The molecule has 2 atom stereocenters. The third-order valence-electron chi connectivity index (χ3n) is 7.33. The number of carbonyl (C=O) groups excluding carboxylic acids is 2. The first-order valence-corrected chi connectivity index (χ1v) is 12.0. The van der Waals surface area contributed by atoms with Crippen molar-refractivity contribution in [3.63, 3.8) is 0 Å². The zero-order chi connectivity index (χ0) is 21.2. The highest BCUT2D eigenvalue weighted by Crippen LogP contribution is 2.41. The molecule has 0 unspecified atom stereocenters. The molecule has 4 aliphatic rings. The van der Waals surface area contributed by atoms with Crippen molar-refractivity contribution in [1.29, 1.82) is 0 Å². The van der Waals surface area contributed by atoms with Gasteiger partial charge in [-0.05, 0) is 62.8 Å². The minimum absolute atomic E-state index is 0.0149. The smallest absolute Gasteiger partial charge is 0.238 e. The number of allylic oxidation sites excluding steroid dienone is 2. The summed E-state index contributed by atoms with van der Waals surface area (Å²) in [6, 6.07) is 7.89. The van der Waals surface area contributed by atoms with E-state index in [1.165, 1.54) is 29.9 Å². The first-order valence-electron chi connectivity index (χ1n) is 12.0. The standard InChI is InChI=1S/C25H33N3O3/c29-24-18-22(21-6-2-3-7-23(21)27-12-4-1-5-13-27)25(30)28(24)20-10-8-19(9-11-20)26-14-16-31-17-15-26/h7-11,21-22H,1-6,12-18H2/t21-,22+/m0/s1. The zero-order valence-corrected chi connectivity index (χ0v) is 18.3. The minimum atomic E-state index is -0.222. The maximum Gasteiger partial charge on any atom is 0.238 e.